The summed E-state index contributed by atoms with van der Waals surface area (Å²) in [5.41, 5.74) is 5.77. The molecule has 142 valence electrons. The Labute approximate surface area is 158 Å². The highest BCUT2D eigenvalue weighted by atomic mass is 16.4. The highest BCUT2D eigenvalue weighted by molar-refractivity contribution is 6.07. The van der Waals surface area contributed by atoms with E-state index in [2.05, 4.69) is 4.98 Å². The van der Waals surface area contributed by atoms with Gasteiger partial charge in [-0.1, -0.05) is 42.5 Å². The molecule has 1 aromatic heterocycles. The molecular weight excluding hydrogens is 364 g/mol. The van der Waals surface area contributed by atoms with Crippen molar-refractivity contribution in [1.82, 2.24) is 4.98 Å². The Balaban J connectivity index is 2.20. The number of pyridine rings is 1. The van der Waals surface area contributed by atoms with Crippen LogP contribution in [0.1, 0.15) is 26.3 Å². The lowest BCUT2D eigenvalue weighted by Crippen LogP contribution is -2.24. The topological polar surface area (TPSA) is 154 Å². The van der Waals surface area contributed by atoms with Gasteiger partial charge in [0.2, 0.25) is 0 Å². The molecule has 6 N–H and O–H groups in total. The smallest absolute Gasteiger partial charge is 0.342 e. The maximum Gasteiger partial charge on any atom is 0.342 e. The highest BCUT2D eigenvalue weighted by Gasteiger charge is 2.26. The number of anilines is 1. The normalized spacial score (nSPS) is 10.6. The van der Waals surface area contributed by atoms with Gasteiger partial charge in [-0.05, 0) is 28.3 Å². The van der Waals surface area contributed by atoms with E-state index in [0.29, 0.717) is 0 Å². The van der Waals surface area contributed by atoms with Gasteiger partial charge in [0, 0.05) is 5.56 Å². The number of aromatic carboxylic acids is 2. The van der Waals surface area contributed by atoms with Gasteiger partial charge in [0.15, 0.2) is 0 Å². The summed E-state index contributed by atoms with van der Waals surface area (Å²) in [6, 6.07) is 13.6. The maximum atomic E-state index is 12.1. The number of nitrogen functional groups attached to an aromatic ring is 1. The minimum absolute atomic E-state index is 0.109. The van der Waals surface area contributed by atoms with E-state index in [1.54, 1.807) is 30.3 Å². The molecule has 0 atom stereocenters. The molecule has 3 aromatic rings. The molecule has 0 aliphatic rings. The van der Waals surface area contributed by atoms with Crippen molar-refractivity contribution >= 4 is 17.8 Å². The summed E-state index contributed by atoms with van der Waals surface area (Å²) in [4.78, 5) is 37.4. The minimum Gasteiger partial charge on any atom is -0.478 e. The fourth-order valence-corrected chi connectivity index (χ4v) is 3.01. The summed E-state index contributed by atoms with van der Waals surface area (Å²) in [5.74, 6) is -3.43. The fraction of sp³-hybridized carbons (Fsp3) is 0.0500. The van der Waals surface area contributed by atoms with E-state index in [1.165, 1.54) is 12.1 Å². The molecule has 0 amide bonds. The van der Waals surface area contributed by atoms with Crippen molar-refractivity contribution in [3.05, 3.63) is 75.6 Å². The number of carboxylic acid groups (broad SMARTS) is 2. The van der Waals surface area contributed by atoms with Gasteiger partial charge >= 0.3 is 11.9 Å². The number of carboxylic acids is 2. The van der Waals surface area contributed by atoms with Crippen molar-refractivity contribution in [2.45, 2.75) is 6.61 Å². The Hall–Kier alpha value is -3.91. The fourth-order valence-electron chi connectivity index (χ4n) is 3.01. The average molecular weight is 380 g/mol. The lowest BCUT2D eigenvalue weighted by molar-refractivity contribution is 0.0695. The van der Waals surface area contributed by atoms with Crippen LogP contribution in [0.2, 0.25) is 0 Å². The van der Waals surface area contributed by atoms with E-state index in [0.717, 1.165) is 16.7 Å². The number of rotatable bonds is 5. The summed E-state index contributed by atoms with van der Waals surface area (Å²) >= 11 is 0. The minimum atomic E-state index is -1.56. The lowest BCUT2D eigenvalue weighted by atomic mass is 9.93. The maximum absolute atomic E-state index is 12.1. The van der Waals surface area contributed by atoms with Crippen LogP contribution in [-0.4, -0.2) is 32.2 Å². The third-order valence-corrected chi connectivity index (χ3v) is 4.29. The van der Waals surface area contributed by atoms with Gasteiger partial charge in [-0.25, -0.2) is 9.59 Å². The Kier molecular flexibility index (Phi) is 4.97. The molecule has 0 saturated heterocycles. The summed E-state index contributed by atoms with van der Waals surface area (Å²) in [6.45, 7) is -0.109. The van der Waals surface area contributed by atoms with Crippen molar-refractivity contribution in [1.29, 1.82) is 0 Å². The van der Waals surface area contributed by atoms with E-state index in [4.69, 9.17) is 5.73 Å². The first kappa shape index (κ1) is 18.9. The molecule has 8 nitrogen and oxygen atoms in total. The number of aromatic amines is 1. The van der Waals surface area contributed by atoms with Crippen LogP contribution in [0.25, 0.3) is 22.3 Å². The Morgan fingerprint density at radius 1 is 0.893 bits per heavy atom. The number of hydrogen-bond donors (Lipinski definition) is 5. The molecule has 0 bridgehead atoms. The molecule has 0 fully saturated rings. The quantitative estimate of drug-likeness (QED) is 0.454. The van der Waals surface area contributed by atoms with E-state index in [9.17, 15) is 29.7 Å². The largest absolute Gasteiger partial charge is 0.478 e. The Morgan fingerprint density at radius 3 is 2.07 bits per heavy atom. The van der Waals surface area contributed by atoms with E-state index in [-0.39, 0.29) is 17.7 Å². The van der Waals surface area contributed by atoms with Gasteiger partial charge in [0.25, 0.3) is 5.56 Å². The van der Waals surface area contributed by atoms with Gasteiger partial charge in [-0.15, -0.1) is 0 Å². The second-order valence-corrected chi connectivity index (χ2v) is 6.04. The van der Waals surface area contributed by atoms with Gasteiger partial charge in [-0.2, -0.15) is 0 Å². The van der Waals surface area contributed by atoms with Crippen molar-refractivity contribution < 1.29 is 24.9 Å². The second kappa shape index (κ2) is 7.37. The first-order valence-corrected chi connectivity index (χ1v) is 8.16. The molecule has 0 aliphatic heterocycles. The number of aromatic nitrogens is 1. The Morgan fingerprint density at radius 2 is 1.50 bits per heavy atom. The molecule has 0 saturated carbocycles. The molecule has 28 heavy (non-hydrogen) atoms. The molecule has 0 spiro atoms. The number of aliphatic hydroxyl groups excluding tert-OH is 1. The van der Waals surface area contributed by atoms with Gasteiger partial charge in [-0.3, -0.25) is 4.79 Å². The second-order valence-electron chi connectivity index (χ2n) is 6.04. The van der Waals surface area contributed by atoms with Crippen LogP contribution in [0.4, 0.5) is 5.82 Å². The highest BCUT2D eigenvalue weighted by Crippen LogP contribution is 2.31. The van der Waals surface area contributed by atoms with Crippen molar-refractivity contribution in [3.63, 3.8) is 0 Å². The molecule has 2 aromatic carbocycles. The zero-order chi connectivity index (χ0) is 20.4. The molecule has 8 heteroatoms. The van der Waals surface area contributed by atoms with Crippen molar-refractivity contribution in [2.24, 2.45) is 0 Å². The van der Waals surface area contributed by atoms with Crippen LogP contribution in [0.3, 0.4) is 0 Å². The van der Waals surface area contributed by atoms with E-state index < -0.39 is 34.4 Å². The molecule has 0 unspecified atom stereocenters. The number of H-pyrrole nitrogens is 1. The van der Waals surface area contributed by atoms with Crippen LogP contribution >= 0.6 is 0 Å². The summed E-state index contributed by atoms with van der Waals surface area (Å²) in [5, 5.41) is 28.2. The summed E-state index contributed by atoms with van der Waals surface area (Å²) < 4.78 is 0. The van der Waals surface area contributed by atoms with Gasteiger partial charge in [0.1, 0.15) is 16.9 Å². The number of aliphatic hydroxyl groups is 1. The SMILES string of the molecule is Nc1[nH]c(=O)c(C(=O)O)c(-c2ccc(-c3cccc(CO)c3)cc2)c1C(=O)O. The van der Waals surface area contributed by atoms with Gasteiger partial charge in [0.05, 0.1) is 6.61 Å². The zero-order valence-electron chi connectivity index (χ0n) is 14.5. The Bertz CT molecular complexity index is 1130. The zero-order valence-corrected chi connectivity index (χ0v) is 14.5. The number of hydrogen-bond acceptors (Lipinski definition) is 5. The van der Waals surface area contributed by atoms with Crippen LogP contribution < -0.4 is 11.3 Å². The molecule has 1 heterocycles. The molecular formula is C20H16N2O6. The summed E-state index contributed by atoms with van der Waals surface area (Å²) in [6.07, 6.45) is 0. The number of nitrogens with one attached hydrogen (secondary N) is 1. The van der Waals surface area contributed by atoms with Crippen LogP contribution in [0.5, 0.6) is 0 Å². The summed E-state index contributed by atoms with van der Waals surface area (Å²) in [7, 11) is 0. The van der Waals surface area contributed by atoms with Crippen molar-refractivity contribution in [2.75, 3.05) is 5.73 Å². The standard InChI is InChI=1S/C20H16N2O6/c21-17-15(19(25)26)14(16(20(27)28)18(24)22-17)12-6-4-11(5-7-12)13-3-1-2-10(8-13)9-23/h1-8,23H,9H2,(H,25,26)(H,27,28)(H3,21,22,24). The molecule has 3 rings (SSSR count). The van der Waals surface area contributed by atoms with Crippen LogP contribution in [0, 0.1) is 0 Å². The lowest BCUT2D eigenvalue weighted by Gasteiger charge is -2.13. The number of carbonyl (C=O) groups is 2. The number of nitrogens with two attached hydrogens (primary N) is 1. The van der Waals surface area contributed by atoms with Crippen molar-refractivity contribution in [3.8, 4) is 22.3 Å². The number of benzene rings is 2. The monoisotopic (exact) mass is 380 g/mol. The van der Waals surface area contributed by atoms with Crippen LogP contribution in [0.15, 0.2) is 53.3 Å². The first-order chi connectivity index (χ1) is 13.3. The average Bonchev–Trinajstić information content (AvgIpc) is 2.66. The predicted molar refractivity (Wildman–Crippen MR) is 102 cm³/mol. The third kappa shape index (κ3) is 3.36. The molecule has 0 radical (unpaired) electrons. The predicted octanol–water partition coefficient (Wildman–Crippen LogP) is 2.18. The van der Waals surface area contributed by atoms with E-state index >= 15 is 0 Å². The third-order valence-electron chi connectivity index (χ3n) is 4.29. The van der Waals surface area contributed by atoms with Gasteiger partial charge < -0.3 is 26.0 Å². The molecule has 0 aliphatic carbocycles. The first-order valence-electron chi connectivity index (χ1n) is 8.16. The van der Waals surface area contributed by atoms with E-state index in [1.807, 2.05) is 6.07 Å². The van der Waals surface area contributed by atoms with Crippen LogP contribution in [-0.2, 0) is 6.61 Å².